The number of benzene rings is 1. The Bertz CT molecular complexity index is 1030. The second-order valence-electron chi connectivity index (χ2n) is 8.12. The molecule has 7 heteroatoms. The molecule has 1 N–H and O–H groups in total. The van der Waals surface area contributed by atoms with Crippen molar-refractivity contribution < 1.29 is 4.79 Å². The van der Waals surface area contributed by atoms with Gasteiger partial charge < -0.3 is 15.1 Å². The van der Waals surface area contributed by atoms with Crippen LogP contribution < -0.4 is 10.2 Å². The third-order valence-electron chi connectivity index (χ3n) is 5.94. The fourth-order valence-corrected chi connectivity index (χ4v) is 4.25. The molecular formula is C24H26N6O. The van der Waals surface area contributed by atoms with E-state index in [2.05, 4.69) is 32.3 Å². The first-order valence-electron chi connectivity index (χ1n) is 10.9. The minimum atomic E-state index is 0.0824. The van der Waals surface area contributed by atoms with Crippen molar-refractivity contribution in [3.8, 4) is 11.3 Å². The predicted octanol–water partition coefficient (Wildman–Crippen LogP) is 3.47. The van der Waals surface area contributed by atoms with Gasteiger partial charge in [0.2, 0.25) is 5.95 Å². The number of aromatic nitrogens is 3. The maximum atomic E-state index is 12.5. The lowest BCUT2D eigenvalue weighted by Gasteiger charge is -2.18. The van der Waals surface area contributed by atoms with Crippen LogP contribution in [0.2, 0.25) is 0 Å². The number of hydrogen-bond donors (Lipinski definition) is 1. The van der Waals surface area contributed by atoms with Crippen LogP contribution in [0.4, 0.5) is 11.8 Å². The highest BCUT2D eigenvalue weighted by Gasteiger charge is 2.25. The van der Waals surface area contributed by atoms with Gasteiger partial charge in [0.1, 0.15) is 5.82 Å². The maximum Gasteiger partial charge on any atom is 0.255 e. The van der Waals surface area contributed by atoms with E-state index in [1.807, 2.05) is 47.5 Å². The third-order valence-corrected chi connectivity index (χ3v) is 5.94. The Hall–Kier alpha value is -3.48. The fraction of sp³-hybridized carbons (Fsp3) is 0.333. The summed E-state index contributed by atoms with van der Waals surface area (Å²) in [6.45, 7) is 3.41. The highest BCUT2D eigenvalue weighted by molar-refractivity contribution is 5.94. The second-order valence-corrected chi connectivity index (χ2v) is 8.12. The van der Waals surface area contributed by atoms with E-state index in [0.29, 0.717) is 5.56 Å². The van der Waals surface area contributed by atoms with Crippen LogP contribution in [0.3, 0.4) is 0 Å². The van der Waals surface area contributed by atoms with Gasteiger partial charge >= 0.3 is 0 Å². The van der Waals surface area contributed by atoms with Crippen molar-refractivity contribution in [3.05, 3.63) is 66.5 Å². The number of carbonyl (C=O) groups is 1. The van der Waals surface area contributed by atoms with Gasteiger partial charge in [-0.05, 0) is 37.5 Å². The number of amides is 1. The number of anilines is 2. The van der Waals surface area contributed by atoms with Crippen molar-refractivity contribution in [2.24, 2.45) is 0 Å². The normalized spacial score (nSPS) is 18.4. The Morgan fingerprint density at radius 2 is 1.81 bits per heavy atom. The fourth-order valence-electron chi connectivity index (χ4n) is 4.25. The molecule has 4 heterocycles. The molecule has 1 atom stereocenters. The SMILES string of the molecule is O=C(c1ccc(NC2CCN(c3nccc(-c4ccccc4)n3)C2)nc1)N1CCCC1. The monoisotopic (exact) mass is 414 g/mol. The molecule has 2 aliphatic heterocycles. The van der Waals surface area contributed by atoms with Crippen molar-refractivity contribution in [2.75, 3.05) is 36.4 Å². The average Bonchev–Trinajstić information content (AvgIpc) is 3.53. The summed E-state index contributed by atoms with van der Waals surface area (Å²) in [6.07, 6.45) is 6.67. The number of carbonyl (C=O) groups excluding carboxylic acids is 1. The van der Waals surface area contributed by atoms with Gasteiger partial charge in [-0.25, -0.2) is 15.0 Å². The maximum absolute atomic E-state index is 12.5. The highest BCUT2D eigenvalue weighted by atomic mass is 16.2. The van der Waals surface area contributed by atoms with Crippen LogP contribution in [-0.4, -0.2) is 58.0 Å². The van der Waals surface area contributed by atoms with Crippen molar-refractivity contribution in [1.82, 2.24) is 19.9 Å². The molecule has 158 valence electrons. The lowest BCUT2D eigenvalue weighted by Crippen LogP contribution is -2.28. The lowest BCUT2D eigenvalue weighted by atomic mass is 10.1. The molecule has 2 aliphatic rings. The molecule has 1 amide bonds. The molecule has 0 aliphatic carbocycles. The zero-order chi connectivity index (χ0) is 21.0. The minimum Gasteiger partial charge on any atom is -0.365 e. The van der Waals surface area contributed by atoms with Gasteiger partial charge in [-0.3, -0.25) is 4.79 Å². The van der Waals surface area contributed by atoms with Gasteiger partial charge in [-0.2, -0.15) is 0 Å². The van der Waals surface area contributed by atoms with E-state index in [0.717, 1.165) is 68.5 Å². The van der Waals surface area contributed by atoms with Crippen LogP contribution in [0.25, 0.3) is 11.3 Å². The van der Waals surface area contributed by atoms with Gasteiger partial charge in [-0.1, -0.05) is 30.3 Å². The number of hydrogen-bond acceptors (Lipinski definition) is 6. The minimum absolute atomic E-state index is 0.0824. The van der Waals surface area contributed by atoms with Crippen LogP contribution in [0.1, 0.15) is 29.6 Å². The van der Waals surface area contributed by atoms with Crippen molar-refractivity contribution in [3.63, 3.8) is 0 Å². The quantitative estimate of drug-likeness (QED) is 0.689. The van der Waals surface area contributed by atoms with E-state index in [9.17, 15) is 4.79 Å². The molecule has 0 saturated carbocycles. The summed E-state index contributed by atoms with van der Waals surface area (Å²) in [5.74, 6) is 1.63. The van der Waals surface area contributed by atoms with E-state index in [4.69, 9.17) is 4.98 Å². The van der Waals surface area contributed by atoms with E-state index < -0.39 is 0 Å². The molecule has 0 bridgehead atoms. The average molecular weight is 415 g/mol. The van der Waals surface area contributed by atoms with E-state index in [1.165, 1.54) is 0 Å². The van der Waals surface area contributed by atoms with Crippen molar-refractivity contribution in [1.29, 1.82) is 0 Å². The largest absolute Gasteiger partial charge is 0.365 e. The smallest absolute Gasteiger partial charge is 0.255 e. The first-order chi connectivity index (χ1) is 15.3. The summed E-state index contributed by atoms with van der Waals surface area (Å²) >= 11 is 0. The molecule has 0 radical (unpaired) electrons. The molecule has 2 fully saturated rings. The third kappa shape index (κ3) is 4.35. The van der Waals surface area contributed by atoms with Crippen LogP contribution >= 0.6 is 0 Å². The lowest BCUT2D eigenvalue weighted by molar-refractivity contribution is 0.0792. The summed E-state index contributed by atoms with van der Waals surface area (Å²) in [5, 5.41) is 3.49. The summed E-state index contributed by atoms with van der Waals surface area (Å²) in [4.78, 5) is 30.3. The molecule has 0 spiro atoms. The molecular weight excluding hydrogens is 388 g/mol. The van der Waals surface area contributed by atoms with Crippen LogP contribution in [0.15, 0.2) is 60.9 Å². The topological polar surface area (TPSA) is 74.2 Å². The number of likely N-dealkylation sites (tertiary alicyclic amines) is 1. The second kappa shape index (κ2) is 8.71. The summed E-state index contributed by atoms with van der Waals surface area (Å²) < 4.78 is 0. The summed E-state index contributed by atoms with van der Waals surface area (Å²) in [6, 6.07) is 16.1. The number of nitrogens with one attached hydrogen (secondary N) is 1. The Morgan fingerprint density at radius 1 is 0.968 bits per heavy atom. The van der Waals surface area contributed by atoms with Gasteiger partial charge in [0.05, 0.1) is 11.3 Å². The summed E-state index contributed by atoms with van der Waals surface area (Å²) in [5.41, 5.74) is 2.68. The number of nitrogens with zero attached hydrogens (tertiary/aromatic N) is 5. The Kier molecular flexibility index (Phi) is 5.48. The molecule has 1 unspecified atom stereocenters. The zero-order valence-corrected chi connectivity index (χ0v) is 17.4. The molecule has 1 aromatic carbocycles. The van der Waals surface area contributed by atoms with Crippen LogP contribution in [0, 0.1) is 0 Å². The van der Waals surface area contributed by atoms with Gasteiger partial charge in [0, 0.05) is 50.2 Å². The predicted molar refractivity (Wildman–Crippen MR) is 121 cm³/mol. The Labute approximate surface area is 182 Å². The first kappa shape index (κ1) is 19.5. The molecule has 3 aromatic rings. The molecule has 31 heavy (non-hydrogen) atoms. The van der Waals surface area contributed by atoms with Crippen LogP contribution in [-0.2, 0) is 0 Å². The van der Waals surface area contributed by atoms with Crippen molar-refractivity contribution >= 4 is 17.7 Å². The number of pyridine rings is 1. The van der Waals surface area contributed by atoms with E-state index in [1.54, 1.807) is 6.20 Å². The Balaban J connectivity index is 1.21. The van der Waals surface area contributed by atoms with Crippen LogP contribution in [0.5, 0.6) is 0 Å². The summed E-state index contributed by atoms with van der Waals surface area (Å²) in [7, 11) is 0. The molecule has 5 rings (SSSR count). The molecule has 7 nitrogen and oxygen atoms in total. The first-order valence-corrected chi connectivity index (χ1v) is 10.9. The highest BCUT2D eigenvalue weighted by Crippen LogP contribution is 2.23. The molecule has 2 saturated heterocycles. The Morgan fingerprint density at radius 3 is 2.58 bits per heavy atom. The number of rotatable bonds is 5. The van der Waals surface area contributed by atoms with Gasteiger partial charge in [0.25, 0.3) is 5.91 Å². The standard InChI is InChI=1S/C24H26N6O/c31-23(29-13-4-5-14-29)19-8-9-22(26-16-19)27-20-11-15-30(17-20)24-25-12-10-21(28-24)18-6-2-1-3-7-18/h1-3,6-10,12,16,20H,4-5,11,13-15,17H2,(H,26,27). The van der Waals surface area contributed by atoms with E-state index in [-0.39, 0.29) is 11.9 Å². The van der Waals surface area contributed by atoms with Gasteiger partial charge in [-0.15, -0.1) is 0 Å². The van der Waals surface area contributed by atoms with Gasteiger partial charge in [0.15, 0.2) is 0 Å². The van der Waals surface area contributed by atoms with Crippen molar-refractivity contribution in [2.45, 2.75) is 25.3 Å². The molecule has 2 aromatic heterocycles. The van der Waals surface area contributed by atoms with E-state index >= 15 is 0 Å². The zero-order valence-electron chi connectivity index (χ0n) is 17.4.